The first-order valence-electron chi connectivity index (χ1n) is 21.8. The van der Waals surface area contributed by atoms with Crippen molar-refractivity contribution in [3.63, 3.8) is 0 Å². The molecule has 22 nitrogen and oxygen atoms in total. The van der Waals surface area contributed by atoms with Crippen LogP contribution in [0.25, 0.3) is 11.1 Å². The maximum absolute atomic E-state index is 13.6. The maximum atomic E-state index is 13.6. The third-order valence-electron chi connectivity index (χ3n) is 12.2. The summed E-state index contributed by atoms with van der Waals surface area (Å²) in [7, 11) is 7.39. The van der Waals surface area contributed by atoms with Crippen molar-refractivity contribution >= 4 is 59.4 Å². The Bertz CT molecular complexity index is 2320. The number of hydrogen-bond acceptors (Lipinski definition) is 17. The fourth-order valence-corrected chi connectivity index (χ4v) is 9.69. The van der Waals surface area contributed by atoms with E-state index in [1.165, 1.54) is 46.5 Å². The number of aliphatic carboxylic acids is 2. The number of hydrogen-bond donors (Lipinski definition) is 5. The molecule has 23 heteroatoms. The molecule has 2 unspecified atom stereocenters. The number of benzene rings is 1. The van der Waals surface area contributed by atoms with Gasteiger partial charge >= 0.3 is 24.0 Å². The molecule has 1 saturated carbocycles. The van der Waals surface area contributed by atoms with Gasteiger partial charge in [-0.05, 0) is 85.8 Å². The highest BCUT2D eigenvalue weighted by Gasteiger charge is 2.42. The Morgan fingerprint density at radius 1 is 0.897 bits per heavy atom. The number of methoxy groups -OCH3 is 4. The molecule has 2 fully saturated rings. The summed E-state index contributed by atoms with van der Waals surface area (Å²) < 4.78 is 33.2. The fraction of sp³-hybridized carbons (Fsp3) is 0.533. The van der Waals surface area contributed by atoms with Crippen LogP contribution in [0.3, 0.4) is 0 Å². The summed E-state index contributed by atoms with van der Waals surface area (Å²) in [5.74, 6) is -5.31. The van der Waals surface area contributed by atoms with Crippen molar-refractivity contribution in [2.24, 2.45) is 17.6 Å². The predicted octanol–water partition coefficient (Wildman–Crippen LogP) is 1.85. The van der Waals surface area contributed by atoms with E-state index in [0.717, 1.165) is 22.2 Å². The first-order chi connectivity index (χ1) is 32.4. The lowest BCUT2D eigenvalue weighted by molar-refractivity contribution is -0.159. The molecule has 5 rings (SSSR count). The smallest absolute Gasteiger partial charge is 0.412 e. The normalized spacial score (nSPS) is 19.5. The largest absolute Gasteiger partial charge is 0.493 e. The summed E-state index contributed by atoms with van der Waals surface area (Å²) in [6.45, 7) is -1.31. The maximum Gasteiger partial charge on any atom is 0.412 e. The summed E-state index contributed by atoms with van der Waals surface area (Å²) in [4.78, 5) is 116. The zero-order valence-electron chi connectivity index (χ0n) is 38.4. The molecule has 4 atom stereocenters. The molecule has 6 N–H and O–H groups in total. The second-order valence-electron chi connectivity index (χ2n) is 16.4. The number of thioether (sulfide) groups is 1. The van der Waals surface area contributed by atoms with Crippen LogP contribution in [-0.2, 0) is 49.5 Å². The van der Waals surface area contributed by atoms with Crippen molar-refractivity contribution in [2.75, 3.05) is 61.1 Å². The van der Waals surface area contributed by atoms with E-state index < -0.39 is 95.7 Å². The number of carbonyl (C=O) groups is 8. The molecule has 3 aliphatic rings. The van der Waals surface area contributed by atoms with E-state index in [-0.39, 0.29) is 43.2 Å². The quantitative estimate of drug-likeness (QED) is 0.0677. The summed E-state index contributed by atoms with van der Waals surface area (Å²) in [6.07, 6.45) is 0.984. The molecule has 0 bridgehead atoms. The second kappa shape index (κ2) is 23.9. The second-order valence-corrected chi connectivity index (χ2v) is 17.7. The third-order valence-corrected chi connectivity index (χ3v) is 13.5. The molecular formula is C45H57N5O17S. The van der Waals surface area contributed by atoms with Crippen LogP contribution in [-0.4, -0.2) is 146 Å². The molecule has 0 radical (unpaired) electrons. The van der Waals surface area contributed by atoms with Crippen LogP contribution < -0.4 is 40.7 Å². The summed E-state index contributed by atoms with van der Waals surface area (Å²) >= 11 is 0.944. The van der Waals surface area contributed by atoms with Gasteiger partial charge in [-0.25, -0.2) is 4.79 Å². The highest BCUT2D eigenvalue weighted by Crippen LogP contribution is 2.51. The van der Waals surface area contributed by atoms with E-state index >= 15 is 0 Å². The molecule has 68 heavy (non-hydrogen) atoms. The van der Waals surface area contributed by atoms with Crippen molar-refractivity contribution in [3.05, 3.63) is 45.6 Å². The molecule has 370 valence electrons. The van der Waals surface area contributed by atoms with Gasteiger partial charge in [0.2, 0.25) is 41.6 Å². The fourth-order valence-electron chi connectivity index (χ4n) is 8.51. The van der Waals surface area contributed by atoms with Crippen molar-refractivity contribution in [3.8, 4) is 34.1 Å². The van der Waals surface area contributed by atoms with Gasteiger partial charge < -0.3 is 59.9 Å². The van der Waals surface area contributed by atoms with Crippen LogP contribution in [0.4, 0.5) is 4.79 Å². The van der Waals surface area contributed by atoms with Crippen LogP contribution in [0.1, 0.15) is 68.5 Å². The number of aryl methyl sites for hydroxylation is 1. The first kappa shape index (κ1) is 52.4. The minimum absolute atomic E-state index is 0.0853. The Hall–Kier alpha value is -6.62. The molecule has 0 spiro atoms. The molecular weight excluding hydrogens is 915 g/mol. The molecule has 1 heterocycles. The number of nitrogens with one attached hydrogen (secondary N) is 2. The highest BCUT2D eigenvalue weighted by molar-refractivity contribution is 8.00. The van der Waals surface area contributed by atoms with Crippen LogP contribution >= 0.6 is 11.8 Å². The lowest BCUT2D eigenvalue weighted by atomic mass is 9.82. The molecule has 2 aromatic rings. The number of nitrogens with two attached hydrogens (primary N) is 1. The lowest BCUT2D eigenvalue weighted by Gasteiger charge is -2.30. The summed E-state index contributed by atoms with van der Waals surface area (Å²) in [6, 6.07) is 3.22. The molecule has 2 aromatic carbocycles. The first-order valence-corrected chi connectivity index (χ1v) is 22.8. The Morgan fingerprint density at radius 2 is 1.59 bits per heavy atom. The summed E-state index contributed by atoms with van der Waals surface area (Å²) in [5, 5.41) is 21.7. The molecule has 5 amide bonds. The number of esters is 1. The number of ether oxygens (including phenoxy) is 6. The lowest BCUT2D eigenvalue weighted by Crippen LogP contribution is -2.50. The van der Waals surface area contributed by atoms with Gasteiger partial charge in [-0.3, -0.25) is 43.3 Å². The molecule has 2 aliphatic carbocycles. The minimum atomic E-state index is -1.33. The Balaban J connectivity index is 1.13. The number of amides is 5. The molecule has 1 saturated heterocycles. The monoisotopic (exact) mass is 971 g/mol. The van der Waals surface area contributed by atoms with Crippen molar-refractivity contribution in [1.29, 1.82) is 0 Å². The van der Waals surface area contributed by atoms with Crippen LogP contribution in [0.2, 0.25) is 0 Å². The SMILES string of the molecule is COc1cc2c(c(OC)c1OC)-c1ccc(OC)c(=O)cc1C(N(C)C(=O)OCOC(=O)C1CCC(CN3C(=O)CC(SC[C@H](NC(=O)CC[C@H](N)C(=O)O)C(=O)NCC(=O)O)C3=O)CC1)CC2. The zero-order valence-corrected chi connectivity index (χ0v) is 39.2. The average molecular weight is 972 g/mol. The van der Waals surface area contributed by atoms with Crippen LogP contribution in [0.5, 0.6) is 23.0 Å². The van der Waals surface area contributed by atoms with Crippen LogP contribution in [0.15, 0.2) is 29.1 Å². The Labute approximate surface area is 395 Å². The number of likely N-dealkylation sites (tertiary alicyclic amines) is 1. The topological polar surface area (TPSA) is 306 Å². The molecule has 1 aliphatic heterocycles. The van der Waals surface area contributed by atoms with Gasteiger partial charge in [0.25, 0.3) is 0 Å². The van der Waals surface area contributed by atoms with E-state index in [2.05, 4.69) is 10.6 Å². The van der Waals surface area contributed by atoms with E-state index in [0.29, 0.717) is 72.5 Å². The van der Waals surface area contributed by atoms with Gasteiger partial charge in [0.1, 0.15) is 18.6 Å². The number of nitrogens with zero attached hydrogens (tertiary/aromatic N) is 2. The number of carboxylic acids is 2. The van der Waals surface area contributed by atoms with Gasteiger partial charge in [-0.1, -0.05) is 6.07 Å². The minimum Gasteiger partial charge on any atom is -0.493 e. The molecule has 0 aromatic heterocycles. The van der Waals surface area contributed by atoms with Gasteiger partial charge in [0.15, 0.2) is 17.2 Å². The number of fused-ring (bicyclic) bond motifs is 3. The number of imide groups is 1. The van der Waals surface area contributed by atoms with Crippen molar-refractivity contribution < 1.29 is 77.0 Å². The van der Waals surface area contributed by atoms with E-state index in [4.69, 9.17) is 44.4 Å². The van der Waals surface area contributed by atoms with Crippen LogP contribution in [0, 0.1) is 11.8 Å². The van der Waals surface area contributed by atoms with E-state index in [1.54, 1.807) is 12.1 Å². The van der Waals surface area contributed by atoms with Crippen molar-refractivity contribution in [1.82, 2.24) is 20.4 Å². The summed E-state index contributed by atoms with van der Waals surface area (Å²) in [5.41, 5.74) is 7.60. The number of carboxylic acid groups (broad SMARTS) is 2. The van der Waals surface area contributed by atoms with Gasteiger partial charge in [0, 0.05) is 37.8 Å². The zero-order chi connectivity index (χ0) is 49.8. The third kappa shape index (κ3) is 12.7. The van der Waals surface area contributed by atoms with Gasteiger partial charge in [-0.15, -0.1) is 11.8 Å². The number of rotatable bonds is 21. The standard InChI is InChI=1S/C45H57N5O17S/c1-49(30-13-10-25-16-33(63-3)39(64-4)40(65-5)38(25)26-11-14-32(62-2)31(51)17-27(26)30)45(61)67-22-66-44(60)24-8-6-23(7-9-24)20-50-36(53)18-34(42(50)57)68-21-29(41(56)47-19-37(54)55)48-35(52)15-12-28(46)43(58)59/h11,14,16-17,23-24,28-30,34H,6-10,12-13,15,18-22,46H2,1-5H3,(H,47,56)(H,48,52)(H,54,55)(H,58,59)/t23?,24?,28-,29-,30?,34?/m0/s1. The predicted molar refractivity (Wildman–Crippen MR) is 241 cm³/mol. The highest BCUT2D eigenvalue weighted by atomic mass is 32.2. The Kier molecular flexibility index (Phi) is 18.4. The average Bonchev–Trinajstić information content (AvgIpc) is 3.41. The van der Waals surface area contributed by atoms with E-state index in [9.17, 15) is 43.2 Å². The van der Waals surface area contributed by atoms with Gasteiger partial charge in [-0.2, -0.15) is 0 Å². The van der Waals surface area contributed by atoms with Crippen molar-refractivity contribution in [2.45, 2.75) is 81.2 Å². The van der Waals surface area contributed by atoms with Gasteiger partial charge in [0.05, 0.1) is 45.6 Å². The Morgan fingerprint density at radius 3 is 2.22 bits per heavy atom. The van der Waals surface area contributed by atoms with E-state index in [1.807, 2.05) is 6.07 Å². The number of carbonyl (C=O) groups excluding carboxylic acids is 6.